The molecule has 0 radical (unpaired) electrons. The fraction of sp³-hybridized carbons (Fsp3) is 0.571. The molecule has 3 saturated heterocycles. The Labute approximate surface area is 432 Å². The van der Waals surface area contributed by atoms with E-state index >= 15 is 8.78 Å². The second-order valence-electron chi connectivity index (χ2n) is 21.7. The summed E-state index contributed by atoms with van der Waals surface area (Å²) in [5, 5.41) is 5.52. The summed E-state index contributed by atoms with van der Waals surface area (Å²) in [6.07, 6.45) is 6.29. The van der Waals surface area contributed by atoms with Gasteiger partial charge in [-0.1, -0.05) is 60.1 Å². The highest BCUT2D eigenvalue weighted by atomic mass is 19.1. The van der Waals surface area contributed by atoms with E-state index in [1.54, 1.807) is 4.90 Å². The van der Waals surface area contributed by atoms with E-state index in [0.717, 1.165) is 72.6 Å². The van der Waals surface area contributed by atoms with E-state index in [1.165, 1.54) is 26.4 Å². The van der Waals surface area contributed by atoms with Crippen LogP contribution in [0.25, 0.3) is 22.1 Å². The summed E-state index contributed by atoms with van der Waals surface area (Å²) in [6.45, 7) is 15.3. The number of benzene rings is 3. The van der Waals surface area contributed by atoms with E-state index in [2.05, 4.69) is 51.5 Å². The van der Waals surface area contributed by atoms with Crippen molar-refractivity contribution in [2.75, 3.05) is 43.7 Å². The summed E-state index contributed by atoms with van der Waals surface area (Å²) in [4.78, 5) is 78.6. The lowest BCUT2D eigenvalue weighted by Gasteiger charge is -2.37. The summed E-state index contributed by atoms with van der Waals surface area (Å²) < 4.78 is 42.9. The van der Waals surface area contributed by atoms with E-state index in [1.807, 2.05) is 68.7 Å². The first-order chi connectivity index (χ1) is 35.5. The number of likely N-dealkylation sites (tertiary alicyclic amines) is 1. The zero-order chi connectivity index (χ0) is 52.7. The quantitative estimate of drug-likeness (QED) is 0.0743. The highest BCUT2D eigenvalue weighted by molar-refractivity contribution is 5.88. The van der Waals surface area contributed by atoms with Crippen LogP contribution in [0.3, 0.4) is 0 Å². The van der Waals surface area contributed by atoms with E-state index in [9.17, 15) is 19.2 Å². The fourth-order valence-electron chi connectivity index (χ4n) is 12.6. The summed E-state index contributed by atoms with van der Waals surface area (Å²) in [6, 6.07) is 12.3. The third-order valence-corrected chi connectivity index (χ3v) is 16.5. The Morgan fingerprint density at radius 2 is 1.34 bits per heavy atom. The monoisotopic (exact) mass is 1020 g/mol. The molecule has 4 N–H and O–H groups in total. The molecule has 3 aromatic carbocycles. The number of hydrogen-bond donors (Lipinski definition) is 4. The molecule has 2 aromatic heterocycles. The highest BCUT2D eigenvalue weighted by Gasteiger charge is 2.52. The zero-order valence-electron chi connectivity index (χ0n) is 44.3. The number of halogens is 2. The molecular weight excluding hydrogens is 947 g/mol. The van der Waals surface area contributed by atoms with Gasteiger partial charge in [0.2, 0.25) is 11.8 Å². The second kappa shape index (κ2) is 21.8. The van der Waals surface area contributed by atoms with E-state index in [-0.39, 0.29) is 65.3 Å². The largest absolute Gasteiger partial charge is 0.453 e. The Morgan fingerprint density at radius 3 is 1.91 bits per heavy atom. The summed E-state index contributed by atoms with van der Waals surface area (Å²) in [5.41, 5.74) is 5.34. The van der Waals surface area contributed by atoms with Gasteiger partial charge in [0.15, 0.2) is 11.6 Å². The molecule has 5 aromatic rings. The molecule has 1 aliphatic carbocycles. The van der Waals surface area contributed by atoms with Crippen molar-refractivity contribution in [2.45, 2.75) is 149 Å². The summed E-state index contributed by atoms with van der Waals surface area (Å²) in [7, 11) is 2.57. The molecule has 9 rings (SSSR count). The molecule has 4 amide bonds. The predicted octanol–water partition coefficient (Wildman–Crippen LogP) is 10.5. The van der Waals surface area contributed by atoms with Crippen LogP contribution in [0.5, 0.6) is 0 Å². The van der Waals surface area contributed by atoms with E-state index in [4.69, 9.17) is 19.4 Å². The maximum Gasteiger partial charge on any atom is 0.407 e. The van der Waals surface area contributed by atoms with Crippen molar-refractivity contribution in [3.8, 4) is 0 Å². The Hall–Kier alpha value is -6.46. The van der Waals surface area contributed by atoms with Gasteiger partial charge in [-0.15, -0.1) is 0 Å². The minimum Gasteiger partial charge on any atom is -0.453 e. The molecule has 74 heavy (non-hydrogen) atoms. The van der Waals surface area contributed by atoms with Crippen LogP contribution in [0, 0.1) is 35.3 Å². The SMILES string of the molecule is CCC(C)[C@@H](c1nc2cc([C@H]3CC[C@H](c4ccc5[nH]c([C@@H]6C7CCC(C7)N6C(=O)[C@@H](NC(=O)OC)C(C)C)nc5c4)N3c3cc(F)c(N4CCCCC4)c(F)c3)ccc2[nH]1)N(CC)C(=O)[C@@H](NC(=O)OC)C(C)C. The molecular formula is C56H74F2N10O6. The molecule has 4 aliphatic rings. The van der Waals surface area contributed by atoms with Crippen molar-refractivity contribution in [1.29, 1.82) is 0 Å². The number of aromatic amines is 2. The lowest BCUT2D eigenvalue weighted by molar-refractivity contribution is -0.139. The molecule has 9 atom stereocenters. The number of piperidine rings is 2. The van der Waals surface area contributed by atoms with Crippen LogP contribution in [0.2, 0.25) is 0 Å². The molecule has 5 heterocycles. The van der Waals surface area contributed by atoms with Crippen LogP contribution in [0.4, 0.5) is 29.7 Å². The first-order valence-electron chi connectivity index (χ1n) is 26.9. The topological polar surface area (TPSA) is 181 Å². The summed E-state index contributed by atoms with van der Waals surface area (Å²) >= 11 is 0. The Bertz CT molecular complexity index is 2840. The number of nitrogens with zero attached hydrogens (tertiary/aromatic N) is 6. The third kappa shape index (κ3) is 9.96. The van der Waals surface area contributed by atoms with Crippen LogP contribution in [-0.2, 0) is 19.1 Å². The normalized spacial score (nSPS) is 22.4. The van der Waals surface area contributed by atoms with Gasteiger partial charge in [0.25, 0.3) is 0 Å². The molecule has 16 nitrogen and oxygen atoms in total. The van der Waals surface area contributed by atoms with Crippen LogP contribution >= 0.6 is 0 Å². The van der Waals surface area contributed by atoms with Crippen LogP contribution < -0.4 is 20.4 Å². The first-order valence-corrected chi connectivity index (χ1v) is 26.9. The predicted molar refractivity (Wildman–Crippen MR) is 280 cm³/mol. The van der Waals surface area contributed by atoms with Gasteiger partial charge in [0.05, 0.1) is 60.5 Å². The summed E-state index contributed by atoms with van der Waals surface area (Å²) in [5.74, 6) is -0.400. The number of H-pyrrole nitrogens is 2. The molecule has 18 heteroatoms. The van der Waals surface area contributed by atoms with Gasteiger partial charge in [0.1, 0.15) is 29.4 Å². The van der Waals surface area contributed by atoms with E-state index < -0.39 is 41.9 Å². The lowest BCUT2D eigenvalue weighted by atomic mass is 9.94. The van der Waals surface area contributed by atoms with Gasteiger partial charge in [0, 0.05) is 31.4 Å². The number of imidazole rings is 2. The zero-order valence-corrected chi connectivity index (χ0v) is 44.3. The number of nitrogens with one attached hydrogen (secondary N) is 4. The Kier molecular flexibility index (Phi) is 15.4. The standard InChI is InChI=1S/C56H74F2N10O6/c1-10-32(7)48(66(11-2)53(69)46(30(3)4)63-55(71)73-8)51-59-40-19-16-33(26-42(40)61-51)44-21-22-45(67(44)37-28-38(57)50(39(58)29-37)65-23-13-12-14-24-65)34-17-20-41-43(27-34)62-52(60-41)49-35-15-18-36(25-35)68(49)54(70)47(31(5)6)64-56(72)74-9/h16-17,19-20,26-32,35-36,44-49H,10-15,18,21-25H2,1-9H3,(H,59,61)(H,60,62)(H,63,71)(H,64,72)/t32?,35?,36?,44-,45-,46+,47+,48+,49+/m1/s1. The lowest BCUT2D eigenvalue weighted by Crippen LogP contribution is -2.54. The van der Waals surface area contributed by atoms with Crippen LogP contribution in [-0.4, -0.2) is 106 Å². The molecule has 3 unspecified atom stereocenters. The molecule has 0 spiro atoms. The van der Waals surface area contributed by atoms with Crippen LogP contribution in [0.15, 0.2) is 48.5 Å². The molecule has 3 aliphatic heterocycles. The number of fused-ring (bicyclic) bond motifs is 4. The van der Waals surface area contributed by atoms with Crippen molar-refractivity contribution < 1.29 is 37.4 Å². The van der Waals surface area contributed by atoms with Crippen molar-refractivity contribution in [3.05, 3.63) is 82.9 Å². The average Bonchev–Trinajstić information content (AvgIpc) is 4.26. The first kappa shape index (κ1) is 52.4. The number of alkyl carbamates (subject to hydrolysis) is 2. The van der Waals surface area contributed by atoms with E-state index in [0.29, 0.717) is 55.3 Å². The smallest absolute Gasteiger partial charge is 0.407 e. The number of aromatic nitrogens is 4. The van der Waals surface area contributed by atoms with Gasteiger partial charge in [-0.05, 0) is 129 Å². The second-order valence-corrected chi connectivity index (χ2v) is 21.7. The number of hydrogen-bond acceptors (Lipinski definition) is 10. The number of amides is 4. The van der Waals surface area contributed by atoms with Crippen molar-refractivity contribution in [1.82, 2.24) is 40.4 Å². The number of rotatable bonds is 16. The Morgan fingerprint density at radius 1 is 0.757 bits per heavy atom. The fourth-order valence-corrected chi connectivity index (χ4v) is 12.6. The number of anilines is 2. The van der Waals surface area contributed by atoms with Crippen molar-refractivity contribution in [2.24, 2.45) is 23.7 Å². The van der Waals surface area contributed by atoms with Gasteiger partial charge >= 0.3 is 12.2 Å². The minimum atomic E-state index is -0.810. The Balaban J connectivity index is 1.07. The van der Waals surface area contributed by atoms with Gasteiger partial charge in [-0.2, -0.15) is 0 Å². The molecule has 1 saturated carbocycles. The number of carbonyl (C=O) groups excluding carboxylic acids is 4. The molecule has 2 bridgehead atoms. The van der Waals surface area contributed by atoms with Gasteiger partial charge < -0.3 is 49.7 Å². The molecule has 4 fully saturated rings. The van der Waals surface area contributed by atoms with Crippen LogP contribution in [0.1, 0.15) is 153 Å². The van der Waals surface area contributed by atoms with Crippen molar-refractivity contribution in [3.63, 3.8) is 0 Å². The number of ether oxygens (including phenoxy) is 2. The number of likely N-dealkylation sites (N-methyl/N-ethyl adjacent to an activating group) is 1. The number of carbonyl (C=O) groups is 4. The molecule has 398 valence electrons. The van der Waals surface area contributed by atoms with Gasteiger partial charge in [-0.3, -0.25) is 9.59 Å². The average molecular weight is 1020 g/mol. The maximum absolute atomic E-state index is 16.6. The maximum atomic E-state index is 16.6. The highest BCUT2D eigenvalue weighted by Crippen LogP contribution is 2.52. The minimum absolute atomic E-state index is 0.00104. The van der Waals surface area contributed by atoms with Crippen molar-refractivity contribution >= 4 is 57.4 Å². The number of methoxy groups -OCH3 is 2. The third-order valence-electron chi connectivity index (χ3n) is 16.5. The van der Waals surface area contributed by atoms with Gasteiger partial charge in [-0.25, -0.2) is 28.3 Å².